The molecule has 2 atom stereocenters. The summed E-state index contributed by atoms with van der Waals surface area (Å²) in [7, 11) is 2.14. The zero-order valence-corrected chi connectivity index (χ0v) is 12.5. The Morgan fingerprint density at radius 2 is 1.76 bits per heavy atom. The molecular weight excluding hydrogens is 210 g/mol. The molecule has 0 aromatic heterocycles. The summed E-state index contributed by atoms with van der Waals surface area (Å²) in [5.74, 6) is 0.645. The highest BCUT2D eigenvalue weighted by Gasteiger charge is 2.25. The first kappa shape index (κ1) is 16.4. The Balaban J connectivity index is 4.29. The second-order valence-electron chi connectivity index (χ2n) is 5.96. The maximum Gasteiger partial charge on any atom is 0.105 e. The lowest BCUT2D eigenvalue weighted by Crippen LogP contribution is -2.47. The van der Waals surface area contributed by atoms with Crippen molar-refractivity contribution in [3.63, 3.8) is 0 Å². The largest absolute Gasteiger partial charge is 0.303 e. The molecule has 0 aliphatic rings. The van der Waals surface area contributed by atoms with Crippen LogP contribution in [-0.2, 0) is 0 Å². The minimum Gasteiger partial charge on any atom is -0.303 e. The third kappa shape index (κ3) is 6.05. The maximum atomic E-state index is 9.26. The molecule has 100 valence electrons. The quantitative estimate of drug-likeness (QED) is 0.742. The summed E-state index contributed by atoms with van der Waals surface area (Å²) in [6.45, 7) is 13.8. The van der Waals surface area contributed by atoms with Crippen molar-refractivity contribution in [2.24, 2.45) is 5.92 Å². The molecule has 0 rings (SSSR count). The van der Waals surface area contributed by atoms with Gasteiger partial charge >= 0.3 is 0 Å². The molecule has 2 unspecified atom stereocenters. The average molecular weight is 239 g/mol. The van der Waals surface area contributed by atoms with Gasteiger partial charge in [-0.15, -0.1) is 0 Å². The van der Waals surface area contributed by atoms with E-state index in [1.165, 1.54) is 0 Å². The first-order valence-electron chi connectivity index (χ1n) is 6.61. The molecule has 0 aromatic rings. The van der Waals surface area contributed by atoms with Crippen molar-refractivity contribution in [1.82, 2.24) is 10.2 Å². The number of rotatable bonds is 7. The van der Waals surface area contributed by atoms with Gasteiger partial charge in [0.15, 0.2) is 0 Å². The topological polar surface area (TPSA) is 39.1 Å². The highest BCUT2D eigenvalue weighted by atomic mass is 15.1. The van der Waals surface area contributed by atoms with Crippen LogP contribution in [-0.4, -0.2) is 36.1 Å². The third-order valence-electron chi connectivity index (χ3n) is 3.48. The Morgan fingerprint density at radius 3 is 2.12 bits per heavy atom. The van der Waals surface area contributed by atoms with Gasteiger partial charge in [0, 0.05) is 18.6 Å². The maximum absolute atomic E-state index is 9.26. The fraction of sp³-hybridized carbons (Fsp3) is 0.929. The number of nitrogens with one attached hydrogen (secondary N) is 1. The number of hydrogen-bond acceptors (Lipinski definition) is 3. The predicted molar refractivity (Wildman–Crippen MR) is 73.8 cm³/mol. The normalized spacial score (nSPS) is 17.2. The fourth-order valence-corrected chi connectivity index (χ4v) is 1.91. The number of nitrogens with zero attached hydrogens (tertiary/aromatic N) is 2. The predicted octanol–water partition coefficient (Wildman–Crippen LogP) is 2.63. The van der Waals surface area contributed by atoms with E-state index in [4.69, 9.17) is 0 Å². The Morgan fingerprint density at radius 1 is 1.24 bits per heavy atom. The molecule has 0 amide bonds. The van der Waals surface area contributed by atoms with E-state index in [2.05, 4.69) is 58.0 Å². The van der Waals surface area contributed by atoms with Crippen LogP contribution in [0, 0.1) is 17.2 Å². The first-order chi connectivity index (χ1) is 7.72. The molecule has 0 bridgehead atoms. The number of nitriles is 1. The summed E-state index contributed by atoms with van der Waals surface area (Å²) in [4.78, 5) is 2.34. The van der Waals surface area contributed by atoms with Crippen molar-refractivity contribution in [1.29, 1.82) is 5.26 Å². The Bertz CT molecular complexity index is 255. The van der Waals surface area contributed by atoms with Gasteiger partial charge in [-0.2, -0.15) is 5.26 Å². The van der Waals surface area contributed by atoms with Gasteiger partial charge in [0.2, 0.25) is 0 Å². The van der Waals surface area contributed by atoms with E-state index in [1.54, 1.807) is 0 Å². The standard InChI is InChI=1S/C14H29N3/c1-11(2)13(5)17(7)9-8-14(6,10-15)16-12(3)4/h11-13,16H,8-9H2,1-7H3. The van der Waals surface area contributed by atoms with Crippen molar-refractivity contribution in [2.45, 2.75) is 65.6 Å². The lowest BCUT2D eigenvalue weighted by atomic mass is 9.97. The molecule has 0 aliphatic heterocycles. The van der Waals surface area contributed by atoms with Gasteiger partial charge in [0.05, 0.1) is 6.07 Å². The van der Waals surface area contributed by atoms with Crippen LogP contribution in [0.1, 0.15) is 48.0 Å². The Kier molecular flexibility index (Phi) is 6.74. The van der Waals surface area contributed by atoms with E-state index < -0.39 is 5.54 Å². The van der Waals surface area contributed by atoms with E-state index in [1.807, 2.05) is 6.92 Å². The third-order valence-corrected chi connectivity index (χ3v) is 3.48. The molecule has 0 spiro atoms. The Hall–Kier alpha value is -0.590. The summed E-state index contributed by atoms with van der Waals surface area (Å²) >= 11 is 0. The fourth-order valence-electron chi connectivity index (χ4n) is 1.91. The highest BCUT2D eigenvalue weighted by Crippen LogP contribution is 2.14. The van der Waals surface area contributed by atoms with Gasteiger partial charge in [-0.05, 0) is 47.1 Å². The summed E-state index contributed by atoms with van der Waals surface area (Å²) in [6, 6.07) is 3.29. The van der Waals surface area contributed by atoms with Crippen molar-refractivity contribution >= 4 is 0 Å². The van der Waals surface area contributed by atoms with E-state index >= 15 is 0 Å². The Labute approximate surface area is 107 Å². The molecule has 0 aliphatic carbocycles. The van der Waals surface area contributed by atoms with Gasteiger partial charge in [-0.3, -0.25) is 5.32 Å². The second kappa shape index (κ2) is 6.98. The van der Waals surface area contributed by atoms with Gasteiger partial charge in [-0.25, -0.2) is 0 Å². The van der Waals surface area contributed by atoms with E-state index in [0.29, 0.717) is 18.0 Å². The minimum atomic E-state index is -0.418. The molecule has 0 heterocycles. The van der Waals surface area contributed by atoms with Crippen LogP contribution >= 0.6 is 0 Å². The SMILES string of the molecule is CC(C)NC(C)(C#N)CCN(C)C(C)C(C)C. The minimum absolute atomic E-state index is 0.340. The monoisotopic (exact) mass is 239 g/mol. The molecule has 1 N–H and O–H groups in total. The molecule has 0 fully saturated rings. The first-order valence-corrected chi connectivity index (χ1v) is 6.61. The van der Waals surface area contributed by atoms with Gasteiger partial charge in [0.1, 0.15) is 5.54 Å². The van der Waals surface area contributed by atoms with Crippen LogP contribution < -0.4 is 5.32 Å². The van der Waals surface area contributed by atoms with Crippen molar-refractivity contribution in [3.8, 4) is 6.07 Å². The molecule has 0 aromatic carbocycles. The van der Waals surface area contributed by atoms with Gasteiger partial charge < -0.3 is 4.90 Å². The van der Waals surface area contributed by atoms with Crippen LogP contribution in [0.4, 0.5) is 0 Å². The van der Waals surface area contributed by atoms with Gasteiger partial charge in [-0.1, -0.05) is 13.8 Å². The summed E-state index contributed by atoms with van der Waals surface area (Å²) < 4.78 is 0. The molecule has 0 saturated carbocycles. The molecule has 0 radical (unpaired) electrons. The van der Waals surface area contributed by atoms with Crippen LogP contribution in [0.25, 0.3) is 0 Å². The lowest BCUT2D eigenvalue weighted by Gasteiger charge is -2.32. The lowest BCUT2D eigenvalue weighted by molar-refractivity contribution is 0.190. The molecule has 17 heavy (non-hydrogen) atoms. The van der Waals surface area contributed by atoms with Crippen LogP contribution in [0.3, 0.4) is 0 Å². The van der Waals surface area contributed by atoms with E-state index in [0.717, 1.165) is 13.0 Å². The zero-order chi connectivity index (χ0) is 13.6. The van der Waals surface area contributed by atoms with Crippen molar-refractivity contribution in [3.05, 3.63) is 0 Å². The molecule has 3 heteroatoms. The number of hydrogen-bond donors (Lipinski definition) is 1. The van der Waals surface area contributed by atoms with E-state index in [9.17, 15) is 5.26 Å². The van der Waals surface area contributed by atoms with Crippen LogP contribution in [0.15, 0.2) is 0 Å². The smallest absolute Gasteiger partial charge is 0.105 e. The van der Waals surface area contributed by atoms with Crippen LogP contribution in [0.5, 0.6) is 0 Å². The highest BCUT2D eigenvalue weighted by molar-refractivity contribution is 5.04. The average Bonchev–Trinajstić information content (AvgIpc) is 2.23. The summed E-state index contributed by atoms with van der Waals surface area (Å²) in [6.07, 6.45) is 0.856. The molecule has 0 saturated heterocycles. The van der Waals surface area contributed by atoms with Crippen LogP contribution in [0.2, 0.25) is 0 Å². The van der Waals surface area contributed by atoms with Gasteiger partial charge in [0.25, 0.3) is 0 Å². The van der Waals surface area contributed by atoms with Crippen molar-refractivity contribution in [2.75, 3.05) is 13.6 Å². The second-order valence-corrected chi connectivity index (χ2v) is 5.96. The zero-order valence-electron chi connectivity index (χ0n) is 12.5. The molecular formula is C14H29N3. The van der Waals surface area contributed by atoms with Crippen molar-refractivity contribution < 1.29 is 0 Å². The summed E-state index contributed by atoms with van der Waals surface area (Å²) in [5, 5.41) is 12.6. The molecule has 3 nitrogen and oxygen atoms in total. The summed E-state index contributed by atoms with van der Waals surface area (Å²) in [5.41, 5.74) is -0.418. The van der Waals surface area contributed by atoms with E-state index in [-0.39, 0.29) is 0 Å².